The zero-order valence-corrected chi connectivity index (χ0v) is 11.8. The highest BCUT2D eigenvalue weighted by Gasteiger charge is 2.24. The molecule has 0 saturated carbocycles. The Labute approximate surface area is 112 Å². The number of carboxylic acid groups (broad SMARTS) is 1. The summed E-state index contributed by atoms with van der Waals surface area (Å²) in [7, 11) is 2.15. The first-order chi connectivity index (χ1) is 8.56. The molecule has 1 fully saturated rings. The van der Waals surface area contributed by atoms with E-state index in [1.54, 1.807) is 11.3 Å². The van der Waals surface area contributed by atoms with Gasteiger partial charge in [0.1, 0.15) is 0 Å². The Kier molecular flexibility index (Phi) is 4.35. The van der Waals surface area contributed by atoms with Crippen LogP contribution in [0, 0.1) is 6.92 Å². The summed E-state index contributed by atoms with van der Waals surface area (Å²) in [5.74, 6) is -0.137. The quantitative estimate of drug-likeness (QED) is 0.890. The van der Waals surface area contributed by atoms with E-state index in [4.69, 9.17) is 5.11 Å². The van der Waals surface area contributed by atoms with Gasteiger partial charge in [-0.3, -0.25) is 4.79 Å². The fourth-order valence-electron chi connectivity index (χ4n) is 2.39. The summed E-state index contributed by atoms with van der Waals surface area (Å²) < 4.78 is 0. The van der Waals surface area contributed by atoms with Gasteiger partial charge >= 0.3 is 5.97 Å². The van der Waals surface area contributed by atoms with Crippen molar-refractivity contribution in [3.05, 3.63) is 15.6 Å². The van der Waals surface area contributed by atoms with E-state index >= 15 is 0 Å². The van der Waals surface area contributed by atoms with Gasteiger partial charge in [-0.25, -0.2) is 4.98 Å². The number of likely N-dealkylation sites (tertiary alicyclic amines) is 1. The number of nitrogens with zero attached hydrogens (tertiary/aromatic N) is 2. The van der Waals surface area contributed by atoms with Crippen molar-refractivity contribution in [3.8, 4) is 0 Å². The van der Waals surface area contributed by atoms with Crippen molar-refractivity contribution >= 4 is 17.3 Å². The molecule has 5 heteroatoms. The highest BCUT2D eigenvalue weighted by Crippen LogP contribution is 2.31. The Morgan fingerprint density at radius 3 is 3.00 bits per heavy atom. The molecule has 1 saturated heterocycles. The molecule has 4 nitrogen and oxygen atoms in total. The summed E-state index contributed by atoms with van der Waals surface area (Å²) in [6.07, 6.45) is 3.00. The lowest BCUT2D eigenvalue weighted by molar-refractivity contribution is -0.137. The maximum atomic E-state index is 10.5. The van der Waals surface area contributed by atoms with Crippen LogP contribution in [0.25, 0.3) is 0 Å². The van der Waals surface area contributed by atoms with Crippen molar-refractivity contribution in [1.29, 1.82) is 0 Å². The van der Waals surface area contributed by atoms with Gasteiger partial charge in [-0.1, -0.05) is 0 Å². The molecule has 0 bridgehead atoms. The molecule has 0 amide bonds. The molecule has 1 aliphatic rings. The van der Waals surface area contributed by atoms with Crippen LogP contribution in [0.1, 0.15) is 40.8 Å². The molecular formula is C13H20N2O2S. The molecule has 1 atom stereocenters. The summed E-state index contributed by atoms with van der Waals surface area (Å²) in [4.78, 5) is 18.8. The fourth-order valence-corrected chi connectivity index (χ4v) is 3.63. The van der Waals surface area contributed by atoms with E-state index in [0.29, 0.717) is 12.3 Å². The standard InChI is InChI=1S/C13H20N2O2S/c1-9-11(4-3-5-12(16)17)18-13(14-9)10-6-7-15(2)8-10/h10H,3-8H2,1-2H3,(H,16,17). The minimum atomic E-state index is -0.713. The zero-order chi connectivity index (χ0) is 13.1. The third-order valence-electron chi connectivity index (χ3n) is 3.44. The number of aromatic nitrogens is 1. The Bertz CT molecular complexity index is 431. The third kappa shape index (κ3) is 3.29. The Morgan fingerprint density at radius 1 is 1.61 bits per heavy atom. The molecule has 2 rings (SSSR count). The number of thiazole rings is 1. The summed E-state index contributed by atoms with van der Waals surface area (Å²) in [5, 5.41) is 9.89. The average Bonchev–Trinajstić information content (AvgIpc) is 2.86. The molecule has 1 aliphatic heterocycles. The molecule has 0 spiro atoms. The number of carbonyl (C=O) groups is 1. The molecule has 1 aromatic rings. The minimum absolute atomic E-state index is 0.249. The topological polar surface area (TPSA) is 53.4 Å². The lowest BCUT2D eigenvalue weighted by atomic mass is 10.1. The summed E-state index contributed by atoms with van der Waals surface area (Å²) >= 11 is 1.78. The molecule has 1 aromatic heterocycles. The lowest BCUT2D eigenvalue weighted by Gasteiger charge is -2.06. The normalized spacial score (nSPS) is 20.4. The van der Waals surface area contributed by atoms with E-state index in [9.17, 15) is 4.79 Å². The molecule has 0 aromatic carbocycles. The summed E-state index contributed by atoms with van der Waals surface area (Å²) in [5.41, 5.74) is 1.09. The highest BCUT2D eigenvalue weighted by atomic mass is 32.1. The minimum Gasteiger partial charge on any atom is -0.481 e. The van der Waals surface area contributed by atoms with E-state index in [1.807, 2.05) is 6.92 Å². The first kappa shape index (κ1) is 13.5. The summed E-state index contributed by atoms with van der Waals surface area (Å²) in [6.45, 7) is 4.29. The van der Waals surface area contributed by atoms with Gasteiger partial charge in [-0.05, 0) is 39.8 Å². The molecule has 0 aliphatic carbocycles. The van der Waals surface area contributed by atoms with Crippen LogP contribution in [-0.2, 0) is 11.2 Å². The van der Waals surface area contributed by atoms with Gasteiger partial charge in [0.15, 0.2) is 0 Å². The smallest absolute Gasteiger partial charge is 0.303 e. The van der Waals surface area contributed by atoms with Crippen molar-refractivity contribution in [1.82, 2.24) is 9.88 Å². The molecule has 0 radical (unpaired) electrons. The third-order valence-corrected chi connectivity index (χ3v) is 4.82. The second-order valence-electron chi connectivity index (χ2n) is 5.06. The van der Waals surface area contributed by atoms with Gasteiger partial charge in [0, 0.05) is 23.8 Å². The van der Waals surface area contributed by atoms with E-state index in [2.05, 4.69) is 16.9 Å². The molecular weight excluding hydrogens is 248 g/mol. The second kappa shape index (κ2) is 5.80. The number of aryl methyl sites for hydroxylation is 2. The predicted molar refractivity (Wildman–Crippen MR) is 72.3 cm³/mol. The maximum Gasteiger partial charge on any atom is 0.303 e. The van der Waals surface area contributed by atoms with E-state index < -0.39 is 5.97 Å². The Hall–Kier alpha value is -0.940. The van der Waals surface area contributed by atoms with Gasteiger partial charge in [0.05, 0.1) is 10.7 Å². The number of rotatable bonds is 5. The lowest BCUT2D eigenvalue weighted by Crippen LogP contribution is -2.13. The van der Waals surface area contributed by atoms with Gasteiger partial charge in [-0.15, -0.1) is 11.3 Å². The van der Waals surface area contributed by atoms with Crippen LogP contribution >= 0.6 is 11.3 Å². The Morgan fingerprint density at radius 2 is 2.39 bits per heavy atom. The highest BCUT2D eigenvalue weighted by molar-refractivity contribution is 7.11. The molecule has 1 unspecified atom stereocenters. The molecule has 2 heterocycles. The zero-order valence-electron chi connectivity index (χ0n) is 11.0. The van der Waals surface area contributed by atoms with Crippen LogP contribution in [0.5, 0.6) is 0 Å². The van der Waals surface area contributed by atoms with Gasteiger partial charge in [0.2, 0.25) is 0 Å². The van der Waals surface area contributed by atoms with E-state index in [0.717, 1.165) is 25.2 Å². The van der Waals surface area contributed by atoms with E-state index in [1.165, 1.54) is 16.3 Å². The number of carboxylic acids is 1. The monoisotopic (exact) mass is 268 g/mol. The summed E-state index contributed by atoms with van der Waals surface area (Å²) in [6, 6.07) is 0. The largest absolute Gasteiger partial charge is 0.481 e. The van der Waals surface area contributed by atoms with Crippen LogP contribution in [0.4, 0.5) is 0 Å². The van der Waals surface area contributed by atoms with Crippen LogP contribution in [0.2, 0.25) is 0 Å². The fraction of sp³-hybridized carbons (Fsp3) is 0.692. The molecule has 18 heavy (non-hydrogen) atoms. The van der Waals surface area contributed by atoms with Crippen LogP contribution in [0.3, 0.4) is 0 Å². The van der Waals surface area contributed by atoms with Crippen molar-refractivity contribution in [2.75, 3.05) is 20.1 Å². The number of aliphatic carboxylic acids is 1. The first-order valence-corrected chi connectivity index (χ1v) is 7.24. The number of likely N-dealkylation sites (N-methyl/N-ethyl adjacent to an activating group) is 1. The predicted octanol–water partition coefficient (Wildman–Crippen LogP) is 2.28. The van der Waals surface area contributed by atoms with Gasteiger partial charge in [-0.2, -0.15) is 0 Å². The van der Waals surface area contributed by atoms with Crippen molar-refractivity contribution in [2.24, 2.45) is 0 Å². The van der Waals surface area contributed by atoms with Gasteiger partial charge in [0.25, 0.3) is 0 Å². The molecule has 100 valence electrons. The van der Waals surface area contributed by atoms with Crippen LogP contribution in [0.15, 0.2) is 0 Å². The van der Waals surface area contributed by atoms with Crippen molar-refractivity contribution in [3.63, 3.8) is 0 Å². The van der Waals surface area contributed by atoms with Crippen molar-refractivity contribution in [2.45, 2.75) is 38.5 Å². The number of hydrogen-bond acceptors (Lipinski definition) is 4. The Balaban J connectivity index is 1.96. The SMILES string of the molecule is Cc1nc(C2CCN(C)C2)sc1CCCC(=O)O. The van der Waals surface area contributed by atoms with Gasteiger partial charge < -0.3 is 10.0 Å². The number of hydrogen-bond donors (Lipinski definition) is 1. The second-order valence-corrected chi connectivity index (χ2v) is 6.17. The maximum absolute atomic E-state index is 10.5. The van der Waals surface area contributed by atoms with Crippen LogP contribution < -0.4 is 0 Å². The van der Waals surface area contributed by atoms with Crippen LogP contribution in [-0.4, -0.2) is 41.1 Å². The first-order valence-electron chi connectivity index (χ1n) is 6.43. The average molecular weight is 268 g/mol. The molecule has 1 N–H and O–H groups in total. The van der Waals surface area contributed by atoms with Crippen molar-refractivity contribution < 1.29 is 9.90 Å². The van der Waals surface area contributed by atoms with E-state index in [-0.39, 0.29) is 6.42 Å².